The highest BCUT2D eigenvalue weighted by molar-refractivity contribution is 7.17. The first kappa shape index (κ1) is 17.8. The Morgan fingerprint density at radius 3 is 2.61 bits per heavy atom. The minimum atomic E-state index is -0.253. The van der Waals surface area contributed by atoms with Gasteiger partial charge in [-0.1, -0.05) is 12.8 Å². The van der Waals surface area contributed by atoms with Gasteiger partial charge in [0.15, 0.2) is 10.8 Å². The Morgan fingerprint density at radius 2 is 2.00 bits per heavy atom. The molecule has 124 valence electrons. The third-order valence-electron chi connectivity index (χ3n) is 4.09. The fraction of sp³-hybridized carbons (Fsp3) is 0.467. The van der Waals surface area contributed by atoms with Gasteiger partial charge in [-0.15, -0.1) is 23.7 Å². The maximum Gasteiger partial charge on any atom is 0.263 e. The van der Waals surface area contributed by atoms with Gasteiger partial charge in [-0.25, -0.2) is 15.0 Å². The van der Waals surface area contributed by atoms with Crippen molar-refractivity contribution in [3.63, 3.8) is 0 Å². The molecule has 2 heterocycles. The number of nitrogens with one attached hydrogen (secondary N) is 1. The lowest BCUT2D eigenvalue weighted by Gasteiger charge is -2.28. The van der Waals surface area contributed by atoms with Crippen LogP contribution in [0, 0.1) is 6.92 Å². The molecule has 2 aromatic heterocycles. The van der Waals surface area contributed by atoms with E-state index < -0.39 is 0 Å². The van der Waals surface area contributed by atoms with Crippen LogP contribution in [0.5, 0.6) is 0 Å². The predicted molar refractivity (Wildman–Crippen MR) is 92.8 cm³/mol. The quantitative estimate of drug-likeness (QED) is 0.879. The highest BCUT2D eigenvalue weighted by atomic mass is 35.5. The van der Waals surface area contributed by atoms with Crippen molar-refractivity contribution < 1.29 is 4.79 Å². The summed E-state index contributed by atoms with van der Waals surface area (Å²) in [5, 5.41) is 3.79. The average Bonchev–Trinajstić information content (AvgIpc) is 3.15. The molecule has 1 amide bonds. The maximum atomic E-state index is 12.6. The molecule has 1 aliphatic carbocycles. The van der Waals surface area contributed by atoms with Crippen molar-refractivity contribution in [1.82, 2.24) is 20.3 Å². The van der Waals surface area contributed by atoms with E-state index in [0.29, 0.717) is 27.9 Å². The molecule has 1 fully saturated rings. The van der Waals surface area contributed by atoms with Crippen molar-refractivity contribution in [3.05, 3.63) is 29.0 Å². The lowest BCUT2D eigenvalue weighted by molar-refractivity contribution is 0.0906. The van der Waals surface area contributed by atoms with E-state index in [1.807, 2.05) is 6.92 Å². The zero-order valence-corrected chi connectivity index (χ0v) is 14.5. The molecule has 0 radical (unpaired) electrons. The number of rotatable bonds is 4. The summed E-state index contributed by atoms with van der Waals surface area (Å²) in [6.07, 6.45) is 7.45. The number of nitrogens with zero attached hydrogens (tertiary/aromatic N) is 3. The SMILES string of the molecule is Cc1nc(-c2ncccn2)sc1C(=O)NC1(CN)CCCC1.Cl. The zero-order valence-electron chi connectivity index (χ0n) is 12.9. The Morgan fingerprint density at radius 1 is 1.35 bits per heavy atom. The molecule has 0 bridgehead atoms. The number of aryl methyl sites for hydroxylation is 1. The smallest absolute Gasteiger partial charge is 0.263 e. The summed E-state index contributed by atoms with van der Waals surface area (Å²) in [7, 11) is 0. The molecule has 1 aliphatic rings. The van der Waals surface area contributed by atoms with Gasteiger partial charge in [-0.3, -0.25) is 4.79 Å². The normalized spacial score (nSPS) is 15.9. The summed E-state index contributed by atoms with van der Waals surface area (Å²) >= 11 is 1.32. The summed E-state index contributed by atoms with van der Waals surface area (Å²) in [5.74, 6) is 0.452. The van der Waals surface area contributed by atoms with Crippen molar-refractivity contribution in [2.75, 3.05) is 6.54 Å². The molecular weight excluding hydrogens is 334 g/mol. The zero-order chi connectivity index (χ0) is 15.6. The van der Waals surface area contributed by atoms with Gasteiger partial charge in [0.2, 0.25) is 0 Å². The second-order valence-electron chi connectivity index (χ2n) is 5.65. The van der Waals surface area contributed by atoms with Gasteiger partial charge in [0, 0.05) is 18.9 Å². The molecule has 6 nitrogen and oxygen atoms in total. The maximum absolute atomic E-state index is 12.6. The average molecular weight is 354 g/mol. The number of amides is 1. The Labute approximate surface area is 145 Å². The van der Waals surface area contributed by atoms with Gasteiger partial charge in [-0.2, -0.15) is 0 Å². The van der Waals surface area contributed by atoms with Crippen LogP contribution >= 0.6 is 23.7 Å². The molecule has 1 saturated carbocycles. The number of hydrogen-bond acceptors (Lipinski definition) is 6. The van der Waals surface area contributed by atoms with Gasteiger partial charge >= 0.3 is 0 Å². The molecule has 2 aromatic rings. The van der Waals surface area contributed by atoms with E-state index in [1.165, 1.54) is 11.3 Å². The highest BCUT2D eigenvalue weighted by Crippen LogP contribution is 2.30. The van der Waals surface area contributed by atoms with Crippen molar-refractivity contribution in [1.29, 1.82) is 0 Å². The molecule has 0 saturated heterocycles. The van der Waals surface area contributed by atoms with E-state index in [0.717, 1.165) is 25.7 Å². The van der Waals surface area contributed by atoms with Crippen LogP contribution in [-0.2, 0) is 0 Å². The lowest BCUT2D eigenvalue weighted by atomic mass is 9.98. The fourth-order valence-electron chi connectivity index (χ4n) is 2.84. The molecular formula is C15H20ClN5OS. The standard InChI is InChI=1S/C15H19N5OS.ClH/c1-10-11(13(21)20-15(9-16)5-2-3-6-15)22-14(19-10)12-17-7-4-8-18-12;/h4,7-8H,2-3,5-6,9,16H2,1H3,(H,20,21);1H. The molecule has 3 N–H and O–H groups in total. The second kappa shape index (κ2) is 7.33. The molecule has 3 rings (SSSR count). The third kappa shape index (κ3) is 3.68. The molecule has 0 unspecified atom stereocenters. The van der Waals surface area contributed by atoms with E-state index in [-0.39, 0.29) is 23.9 Å². The minimum Gasteiger partial charge on any atom is -0.345 e. The number of aromatic nitrogens is 3. The molecule has 0 atom stereocenters. The fourth-order valence-corrected chi connectivity index (χ4v) is 3.75. The summed E-state index contributed by atoms with van der Waals surface area (Å²) in [4.78, 5) is 26.0. The number of nitrogens with two attached hydrogens (primary N) is 1. The second-order valence-corrected chi connectivity index (χ2v) is 6.65. The summed E-state index contributed by atoms with van der Waals surface area (Å²) < 4.78 is 0. The first-order chi connectivity index (χ1) is 10.6. The summed E-state index contributed by atoms with van der Waals surface area (Å²) in [6, 6.07) is 1.75. The van der Waals surface area contributed by atoms with Crippen molar-refractivity contribution in [3.8, 4) is 10.8 Å². The van der Waals surface area contributed by atoms with E-state index in [1.54, 1.807) is 18.5 Å². The van der Waals surface area contributed by atoms with E-state index in [4.69, 9.17) is 5.73 Å². The van der Waals surface area contributed by atoms with E-state index in [9.17, 15) is 4.79 Å². The Kier molecular flexibility index (Phi) is 5.67. The Bertz CT molecular complexity index is 670. The van der Waals surface area contributed by atoms with Crippen molar-refractivity contribution in [2.24, 2.45) is 5.73 Å². The highest BCUT2D eigenvalue weighted by Gasteiger charge is 2.35. The van der Waals surface area contributed by atoms with Gasteiger partial charge in [-0.05, 0) is 25.8 Å². The molecule has 0 aromatic carbocycles. The summed E-state index contributed by atoms with van der Waals surface area (Å²) in [6.45, 7) is 2.31. The number of thiazole rings is 1. The van der Waals surface area contributed by atoms with Gasteiger partial charge in [0.05, 0.1) is 11.2 Å². The van der Waals surface area contributed by atoms with Crippen LogP contribution in [0.2, 0.25) is 0 Å². The first-order valence-electron chi connectivity index (χ1n) is 7.41. The Hall–Kier alpha value is -1.57. The van der Waals surface area contributed by atoms with Crippen LogP contribution in [0.3, 0.4) is 0 Å². The minimum absolute atomic E-state index is 0. The van der Waals surface area contributed by atoms with Crippen LogP contribution in [-0.4, -0.2) is 32.9 Å². The van der Waals surface area contributed by atoms with E-state index in [2.05, 4.69) is 20.3 Å². The van der Waals surface area contributed by atoms with Gasteiger partial charge in [0.25, 0.3) is 5.91 Å². The van der Waals surface area contributed by atoms with Crippen molar-refractivity contribution >= 4 is 29.7 Å². The number of carbonyl (C=O) groups excluding carboxylic acids is 1. The third-order valence-corrected chi connectivity index (χ3v) is 5.24. The molecule has 8 heteroatoms. The number of carbonyl (C=O) groups is 1. The summed E-state index contributed by atoms with van der Waals surface area (Å²) in [5.41, 5.74) is 6.33. The van der Waals surface area contributed by atoms with Gasteiger partial charge in [0.1, 0.15) is 4.88 Å². The number of halogens is 1. The van der Waals surface area contributed by atoms with Crippen LogP contribution in [0.1, 0.15) is 41.0 Å². The monoisotopic (exact) mass is 353 g/mol. The van der Waals surface area contributed by atoms with Crippen LogP contribution in [0.4, 0.5) is 0 Å². The van der Waals surface area contributed by atoms with Crippen molar-refractivity contribution in [2.45, 2.75) is 38.1 Å². The first-order valence-corrected chi connectivity index (χ1v) is 8.23. The van der Waals surface area contributed by atoms with Crippen LogP contribution < -0.4 is 11.1 Å². The molecule has 0 aliphatic heterocycles. The van der Waals surface area contributed by atoms with Crippen LogP contribution in [0.25, 0.3) is 10.8 Å². The largest absolute Gasteiger partial charge is 0.345 e. The molecule has 0 spiro atoms. The lowest BCUT2D eigenvalue weighted by Crippen LogP contribution is -2.51. The topological polar surface area (TPSA) is 93.8 Å². The Balaban J connectivity index is 0.00000192. The van der Waals surface area contributed by atoms with Crippen LogP contribution in [0.15, 0.2) is 18.5 Å². The predicted octanol–water partition coefficient (Wildman–Crippen LogP) is 2.33. The van der Waals surface area contributed by atoms with E-state index >= 15 is 0 Å². The number of hydrogen-bond donors (Lipinski definition) is 2. The molecule has 23 heavy (non-hydrogen) atoms. The van der Waals surface area contributed by atoms with Gasteiger partial charge < -0.3 is 11.1 Å².